The van der Waals surface area contributed by atoms with Crippen molar-refractivity contribution in [2.75, 3.05) is 58.0 Å². The largest absolute Gasteiger partial charge is 0.392 e. The van der Waals surface area contributed by atoms with Crippen molar-refractivity contribution in [3.63, 3.8) is 0 Å². The quantitative estimate of drug-likeness (QED) is 0.131. The molecular weight excluding hydrogens is 524 g/mol. The summed E-state index contributed by atoms with van der Waals surface area (Å²) in [6.07, 6.45) is 2.49. The molecule has 13 heteroatoms. The third kappa shape index (κ3) is 12.0. The Morgan fingerprint density at radius 2 is 1.43 bits per heavy atom. The number of imide groups is 1. The summed E-state index contributed by atoms with van der Waals surface area (Å²) in [5.74, 6) is -2.15. The number of hydrogen-bond donors (Lipinski definition) is 4. The van der Waals surface area contributed by atoms with Crippen molar-refractivity contribution in [3.8, 4) is 0 Å². The van der Waals surface area contributed by atoms with Crippen LogP contribution in [-0.4, -0.2) is 98.3 Å². The van der Waals surface area contributed by atoms with Gasteiger partial charge in [0.2, 0.25) is 17.7 Å². The second kappa shape index (κ2) is 17.8. The van der Waals surface area contributed by atoms with Crippen molar-refractivity contribution in [2.45, 2.75) is 32.9 Å². The number of anilines is 1. The van der Waals surface area contributed by atoms with Crippen molar-refractivity contribution < 1.29 is 43.3 Å². The predicted molar refractivity (Wildman–Crippen MR) is 144 cm³/mol. The fourth-order valence-corrected chi connectivity index (χ4v) is 3.47. The van der Waals surface area contributed by atoms with Crippen LogP contribution in [0, 0.1) is 5.92 Å². The van der Waals surface area contributed by atoms with Gasteiger partial charge in [-0.2, -0.15) is 0 Å². The van der Waals surface area contributed by atoms with E-state index in [1.54, 1.807) is 38.1 Å². The standard InChI is InChI=1S/C27H38N4O9/c1-19(2)26(27(37)28-17-23(34)29-21-5-3-20(18-32)4-6-21)30-22(33)9-11-38-13-15-40-16-14-39-12-10-31-24(35)7-8-25(31)36/h3-8,19,26,32H,9-18H2,1-2H3,(H,28,37)(H,29,34)(H,30,33)/t26-/m0/s1. The van der Waals surface area contributed by atoms with E-state index >= 15 is 0 Å². The van der Waals surface area contributed by atoms with Gasteiger partial charge in [0.1, 0.15) is 6.04 Å². The first-order chi connectivity index (χ1) is 19.2. The molecule has 1 heterocycles. The molecule has 40 heavy (non-hydrogen) atoms. The van der Waals surface area contributed by atoms with E-state index in [0.717, 1.165) is 4.90 Å². The lowest BCUT2D eigenvalue weighted by molar-refractivity contribution is -0.137. The summed E-state index contributed by atoms with van der Waals surface area (Å²) < 4.78 is 16.1. The molecule has 0 unspecified atom stereocenters. The topological polar surface area (TPSA) is 173 Å². The molecule has 0 aromatic heterocycles. The Kier molecular flexibility index (Phi) is 14.5. The molecule has 1 aromatic rings. The molecular formula is C27H38N4O9. The summed E-state index contributed by atoms with van der Waals surface area (Å²) in [4.78, 5) is 60.9. The van der Waals surface area contributed by atoms with Crippen LogP contribution in [0.3, 0.4) is 0 Å². The molecule has 0 bridgehead atoms. The zero-order valence-corrected chi connectivity index (χ0v) is 22.9. The number of benzene rings is 1. The predicted octanol–water partition coefficient (Wildman–Crippen LogP) is -0.261. The first kappa shape index (κ1) is 32.6. The Morgan fingerprint density at radius 3 is 2.00 bits per heavy atom. The van der Waals surface area contributed by atoms with Crippen LogP contribution in [0.5, 0.6) is 0 Å². The van der Waals surface area contributed by atoms with Crippen LogP contribution in [0.25, 0.3) is 0 Å². The van der Waals surface area contributed by atoms with E-state index in [-0.39, 0.29) is 69.6 Å². The highest BCUT2D eigenvalue weighted by Gasteiger charge is 2.24. The van der Waals surface area contributed by atoms with Gasteiger partial charge in [-0.05, 0) is 23.6 Å². The fraction of sp³-hybridized carbons (Fsp3) is 0.519. The molecule has 1 aliphatic rings. The van der Waals surface area contributed by atoms with Crippen molar-refractivity contribution in [3.05, 3.63) is 42.0 Å². The summed E-state index contributed by atoms with van der Waals surface area (Å²) in [7, 11) is 0. The number of hydrogen-bond acceptors (Lipinski definition) is 9. The minimum Gasteiger partial charge on any atom is -0.392 e. The average molecular weight is 563 g/mol. The highest BCUT2D eigenvalue weighted by molar-refractivity contribution is 6.12. The summed E-state index contributed by atoms with van der Waals surface area (Å²) in [6.45, 7) is 4.92. The lowest BCUT2D eigenvalue weighted by Crippen LogP contribution is -2.51. The maximum absolute atomic E-state index is 12.6. The van der Waals surface area contributed by atoms with Gasteiger partial charge < -0.3 is 35.3 Å². The highest BCUT2D eigenvalue weighted by Crippen LogP contribution is 2.09. The van der Waals surface area contributed by atoms with E-state index < -0.39 is 17.9 Å². The van der Waals surface area contributed by atoms with Crippen molar-refractivity contribution in [2.24, 2.45) is 5.92 Å². The van der Waals surface area contributed by atoms with E-state index in [2.05, 4.69) is 16.0 Å². The van der Waals surface area contributed by atoms with E-state index in [4.69, 9.17) is 19.3 Å². The van der Waals surface area contributed by atoms with Crippen LogP contribution >= 0.6 is 0 Å². The molecule has 0 radical (unpaired) electrons. The van der Waals surface area contributed by atoms with Gasteiger partial charge in [-0.3, -0.25) is 28.9 Å². The second-order valence-corrected chi connectivity index (χ2v) is 9.16. The highest BCUT2D eigenvalue weighted by atomic mass is 16.5. The zero-order chi connectivity index (χ0) is 29.3. The molecule has 1 atom stereocenters. The molecule has 0 aliphatic carbocycles. The summed E-state index contributed by atoms with van der Waals surface area (Å²) >= 11 is 0. The van der Waals surface area contributed by atoms with Crippen LogP contribution in [0.15, 0.2) is 36.4 Å². The maximum Gasteiger partial charge on any atom is 0.253 e. The van der Waals surface area contributed by atoms with Crippen LogP contribution in [0.2, 0.25) is 0 Å². The average Bonchev–Trinajstić information content (AvgIpc) is 3.25. The van der Waals surface area contributed by atoms with Gasteiger partial charge in [-0.15, -0.1) is 0 Å². The van der Waals surface area contributed by atoms with E-state index in [1.807, 2.05) is 0 Å². The lowest BCUT2D eigenvalue weighted by atomic mass is 10.0. The SMILES string of the molecule is CC(C)[C@H](NC(=O)CCOCCOCCOCCN1C(=O)C=CC1=O)C(=O)NCC(=O)Nc1ccc(CO)cc1. The molecule has 220 valence electrons. The maximum atomic E-state index is 12.6. The van der Waals surface area contributed by atoms with Crippen LogP contribution in [0.1, 0.15) is 25.8 Å². The number of rotatable bonds is 19. The van der Waals surface area contributed by atoms with Crippen molar-refractivity contribution in [1.82, 2.24) is 15.5 Å². The Balaban J connectivity index is 1.52. The number of ether oxygens (including phenoxy) is 3. The molecule has 4 N–H and O–H groups in total. The summed E-state index contributed by atoms with van der Waals surface area (Å²) in [5, 5.41) is 16.9. The number of carbonyl (C=O) groups is 5. The summed E-state index contributed by atoms with van der Waals surface area (Å²) in [6, 6.07) is 5.84. The van der Waals surface area contributed by atoms with Crippen molar-refractivity contribution in [1.29, 1.82) is 0 Å². The van der Waals surface area contributed by atoms with Gasteiger partial charge in [0, 0.05) is 24.3 Å². The fourth-order valence-electron chi connectivity index (χ4n) is 3.47. The zero-order valence-electron chi connectivity index (χ0n) is 22.9. The Hall–Kier alpha value is -3.65. The molecule has 0 saturated carbocycles. The molecule has 0 fully saturated rings. The van der Waals surface area contributed by atoms with Gasteiger partial charge in [0.05, 0.1) is 59.3 Å². The molecule has 2 rings (SSSR count). The van der Waals surface area contributed by atoms with Gasteiger partial charge in [0.25, 0.3) is 11.8 Å². The number of nitrogens with one attached hydrogen (secondary N) is 3. The number of amides is 5. The molecule has 0 saturated heterocycles. The van der Waals surface area contributed by atoms with Crippen LogP contribution in [0.4, 0.5) is 5.69 Å². The third-order valence-electron chi connectivity index (χ3n) is 5.69. The van der Waals surface area contributed by atoms with Gasteiger partial charge in [-0.25, -0.2) is 0 Å². The Morgan fingerprint density at radius 1 is 0.850 bits per heavy atom. The minimum atomic E-state index is -0.814. The molecule has 13 nitrogen and oxygen atoms in total. The molecule has 1 aromatic carbocycles. The number of aliphatic hydroxyl groups excluding tert-OH is 1. The number of carbonyl (C=O) groups excluding carboxylic acids is 5. The van der Waals surface area contributed by atoms with Gasteiger partial charge >= 0.3 is 0 Å². The molecule has 5 amide bonds. The molecule has 0 spiro atoms. The van der Waals surface area contributed by atoms with Crippen LogP contribution < -0.4 is 16.0 Å². The van der Waals surface area contributed by atoms with Gasteiger partial charge in [0.15, 0.2) is 0 Å². The smallest absolute Gasteiger partial charge is 0.253 e. The first-order valence-electron chi connectivity index (χ1n) is 13.0. The Bertz CT molecular complexity index is 1010. The van der Waals surface area contributed by atoms with E-state index in [0.29, 0.717) is 31.1 Å². The Labute approximate surface area is 233 Å². The number of nitrogens with zero attached hydrogens (tertiary/aromatic N) is 1. The normalized spacial score (nSPS) is 13.6. The van der Waals surface area contributed by atoms with E-state index in [1.165, 1.54) is 12.2 Å². The minimum absolute atomic E-state index is 0.0483. The van der Waals surface area contributed by atoms with Crippen molar-refractivity contribution >= 4 is 35.2 Å². The second-order valence-electron chi connectivity index (χ2n) is 9.16. The lowest BCUT2D eigenvalue weighted by Gasteiger charge is -2.21. The third-order valence-corrected chi connectivity index (χ3v) is 5.69. The van der Waals surface area contributed by atoms with E-state index in [9.17, 15) is 24.0 Å². The number of aliphatic hydroxyl groups is 1. The van der Waals surface area contributed by atoms with Crippen LogP contribution in [-0.2, 0) is 44.8 Å². The summed E-state index contributed by atoms with van der Waals surface area (Å²) in [5.41, 5.74) is 1.25. The first-order valence-corrected chi connectivity index (χ1v) is 13.0. The molecule has 1 aliphatic heterocycles. The monoisotopic (exact) mass is 562 g/mol. The van der Waals surface area contributed by atoms with Gasteiger partial charge in [-0.1, -0.05) is 26.0 Å².